The standard InChI is InChI=1S/C45H82O6/c1-4-7-10-13-16-19-22-25-30-35-45(34-29-24-21-18-15-12-9-6-3,36-31-26-23-20-17-14-11-8-5-2)37-32-27-28-33-42(48)50-39-41(47)44-43(49)40(46)38-51-44/h25-26,29-31,34,40-41,43-44,46-47,49H,4-24,27-28,32-33,35-39H2,1-3H3/b30-25+,31-26?,34-29-/t40?,41-,43?,44?,45?/m1/s1. The first-order chi connectivity index (χ1) is 24.9. The minimum atomic E-state index is -1.17. The van der Waals surface area contributed by atoms with Gasteiger partial charge >= 0.3 is 5.97 Å². The molecule has 0 aromatic heterocycles. The number of allylic oxidation sites excluding steroid dienone is 6. The molecule has 51 heavy (non-hydrogen) atoms. The van der Waals surface area contributed by atoms with Gasteiger partial charge in [0.25, 0.3) is 0 Å². The average molecular weight is 719 g/mol. The third-order valence-electron chi connectivity index (χ3n) is 10.6. The first-order valence-electron chi connectivity index (χ1n) is 21.7. The summed E-state index contributed by atoms with van der Waals surface area (Å²) in [6.45, 7) is 6.55. The van der Waals surface area contributed by atoms with E-state index in [1.54, 1.807) is 0 Å². The fourth-order valence-corrected chi connectivity index (χ4v) is 7.07. The number of unbranched alkanes of at least 4 members (excludes halogenated alkanes) is 20. The van der Waals surface area contributed by atoms with Crippen molar-refractivity contribution in [2.75, 3.05) is 13.2 Å². The van der Waals surface area contributed by atoms with Crippen LogP contribution in [0.15, 0.2) is 36.5 Å². The molecule has 1 saturated heterocycles. The van der Waals surface area contributed by atoms with Crippen molar-refractivity contribution in [3.05, 3.63) is 36.5 Å². The van der Waals surface area contributed by atoms with Crippen LogP contribution in [0.3, 0.4) is 0 Å². The quantitative estimate of drug-likeness (QED) is 0.0343. The summed E-state index contributed by atoms with van der Waals surface area (Å²) in [5, 5.41) is 29.9. The Labute approximate surface area is 314 Å². The van der Waals surface area contributed by atoms with Crippen LogP contribution in [-0.4, -0.2) is 58.9 Å². The summed E-state index contributed by atoms with van der Waals surface area (Å²) in [5.41, 5.74) is 0.0920. The van der Waals surface area contributed by atoms with E-state index in [0.29, 0.717) is 6.42 Å². The van der Waals surface area contributed by atoms with E-state index in [2.05, 4.69) is 57.2 Å². The number of rotatable bonds is 35. The number of aliphatic hydroxyl groups excluding tert-OH is 3. The summed E-state index contributed by atoms with van der Waals surface area (Å²) in [5.74, 6) is -0.345. The zero-order valence-corrected chi connectivity index (χ0v) is 33.6. The molecule has 0 aliphatic carbocycles. The second kappa shape index (κ2) is 33.1. The van der Waals surface area contributed by atoms with Crippen molar-refractivity contribution < 1.29 is 29.6 Å². The van der Waals surface area contributed by atoms with Gasteiger partial charge in [0.15, 0.2) is 0 Å². The normalized spacial score (nSPS) is 19.8. The summed E-state index contributed by atoms with van der Waals surface area (Å²) < 4.78 is 10.5. The minimum Gasteiger partial charge on any atom is -0.463 e. The summed E-state index contributed by atoms with van der Waals surface area (Å²) in [6.07, 6.45) is 44.1. The lowest BCUT2D eigenvalue weighted by Gasteiger charge is -2.29. The predicted octanol–water partition coefficient (Wildman–Crippen LogP) is 11.6. The van der Waals surface area contributed by atoms with Crippen LogP contribution in [0, 0.1) is 5.41 Å². The molecular weight excluding hydrogens is 636 g/mol. The van der Waals surface area contributed by atoms with Crippen LogP contribution in [-0.2, 0) is 14.3 Å². The van der Waals surface area contributed by atoms with Gasteiger partial charge in [0.05, 0.1) is 6.61 Å². The maximum Gasteiger partial charge on any atom is 0.305 e. The van der Waals surface area contributed by atoms with Crippen LogP contribution >= 0.6 is 0 Å². The maximum atomic E-state index is 12.4. The molecule has 5 atom stereocenters. The van der Waals surface area contributed by atoms with Crippen molar-refractivity contribution in [2.45, 2.75) is 225 Å². The highest BCUT2D eigenvalue weighted by Gasteiger charge is 2.39. The number of aliphatic hydroxyl groups is 3. The Balaban J connectivity index is 2.76. The van der Waals surface area contributed by atoms with Crippen LogP contribution in [0.1, 0.15) is 201 Å². The van der Waals surface area contributed by atoms with Crippen molar-refractivity contribution in [3.63, 3.8) is 0 Å². The molecule has 298 valence electrons. The first-order valence-corrected chi connectivity index (χ1v) is 21.7. The molecule has 0 aromatic carbocycles. The molecule has 0 amide bonds. The molecule has 3 N–H and O–H groups in total. The van der Waals surface area contributed by atoms with Crippen LogP contribution in [0.4, 0.5) is 0 Å². The lowest BCUT2D eigenvalue weighted by atomic mass is 9.75. The van der Waals surface area contributed by atoms with E-state index < -0.39 is 24.4 Å². The zero-order valence-electron chi connectivity index (χ0n) is 33.6. The third kappa shape index (κ3) is 25.2. The zero-order chi connectivity index (χ0) is 37.3. The number of ether oxygens (including phenoxy) is 2. The fraction of sp³-hybridized carbons (Fsp3) is 0.844. The fourth-order valence-electron chi connectivity index (χ4n) is 7.07. The Kier molecular flexibility index (Phi) is 30.9. The SMILES string of the molecule is CCCCCCCCC=CCC(/C=C\CCCCCCCC)(C/C=C/CCCCCCCC)CCCCCC(=O)OC[C@@H](O)C1OCC(O)C1O. The van der Waals surface area contributed by atoms with E-state index in [0.717, 1.165) is 44.9 Å². The molecule has 0 spiro atoms. The molecule has 1 aliphatic heterocycles. The molecule has 4 unspecified atom stereocenters. The number of carbonyl (C=O) groups is 1. The Bertz CT molecular complexity index is 854. The topological polar surface area (TPSA) is 96.2 Å². The summed E-state index contributed by atoms with van der Waals surface area (Å²) in [7, 11) is 0. The van der Waals surface area contributed by atoms with Gasteiger partial charge < -0.3 is 24.8 Å². The van der Waals surface area contributed by atoms with Crippen molar-refractivity contribution in [1.82, 2.24) is 0 Å². The largest absolute Gasteiger partial charge is 0.463 e. The average Bonchev–Trinajstić information content (AvgIpc) is 3.47. The molecular formula is C45H82O6. The smallest absolute Gasteiger partial charge is 0.305 e. The highest BCUT2D eigenvalue weighted by atomic mass is 16.6. The minimum absolute atomic E-state index is 0.0313. The number of carbonyl (C=O) groups excluding carboxylic acids is 1. The lowest BCUT2D eigenvalue weighted by Crippen LogP contribution is -2.41. The van der Waals surface area contributed by atoms with Crippen LogP contribution in [0.5, 0.6) is 0 Å². The maximum absolute atomic E-state index is 12.4. The highest BCUT2D eigenvalue weighted by Crippen LogP contribution is 2.37. The number of hydrogen-bond acceptors (Lipinski definition) is 6. The van der Waals surface area contributed by atoms with Crippen LogP contribution < -0.4 is 0 Å². The monoisotopic (exact) mass is 719 g/mol. The predicted molar refractivity (Wildman–Crippen MR) is 215 cm³/mol. The molecule has 0 radical (unpaired) electrons. The second-order valence-electron chi connectivity index (χ2n) is 15.5. The van der Waals surface area contributed by atoms with Crippen molar-refractivity contribution in [1.29, 1.82) is 0 Å². The van der Waals surface area contributed by atoms with Gasteiger partial charge in [0.1, 0.15) is 31.0 Å². The van der Waals surface area contributed by atoms with Gasteiger partial charge in [-0.2, -0.15) is 0 Å². The van der Waals surface area contributed by atoms with E-state index in [-0.39, 0.29) is 24.6 Å². The first kappa shape index (κ1) is 47.6. The van der Waals surface area contributed by atoms with Crippen LogP contribution in [0.25, 0.3) is 0 Å². The van der Waals surface area contributed by atoms with Gasteiger partial charge in [0.2, 0.25) is 0 Å². The van der Waals surface area contributed by atoms with Gasteiger partial charge in [-0.15, -0.1) is 0 Å². The van der Waals surface area contributed by atoms with Gasteiger partial charge in [0, 0.05) is 6.42 Å². The Hall–Kier alpha value is -1.47. The van der Waals surface area contributed by atoms with Crippen molar-refractivity contribution >= 4 is 5.97 Å². The molecule has 1 rings (SSSR count). The molecule has 1 heterocycles. The van der Waals surface area contributed by atoms with Crippen molar-refractivity contribution in [3.8, 4) is 0 Å². The van der Waals surface area contributed by atoms with Gasteiger partial charge in [-0.25, -0.2) is 0 Å². The molecule has 6 heteroatoms. The molecule has 1 fully saturated rings. The molecule has 0 aromatic rings. The van der Waals surface area contributed by atoms with E-state index in [4.69, 9.17) is 9.47 Å². The third-order valence-corrected chi connectivity index (χ3v) is 10.6. The van der Waals surface area contributed by atoms with E-state index in [1.165, 1.54) is 128 Å². The summed E-state index contributed by atoms with van der Waals surface area (Å²) in [6, 6.07) is 0. The number of esters is 1. The van der Waals surface area contributed by atoms with E-state index in [9.17, 15) is 20.1 Å². The summed E-state index contributed by atoms with van der Waals surface area (Å²) in [4.78, 5) is 12.4. The number of hydrogen-bond donors (Lipinski definition) is 3. The van der Waals surface area contributed by atoms with Crippen LogP contribution in [0.2, 0.25) is 0 Å². The lowest BCUT2D eigenvalue weighted by molar-refractivity contribution is -0.151. The van der Waals surface area contributed by atoms with E-state index in [1.807, 2.05) is 0 Å². The molecule has 1 aliphatic rings. The Morgan fingerprint density at radius 1 is 0.667 bits per heavy atom. The summed E-state index contributed by atoms with van der Waals surface area (Å²) >= 11 is 0. The Morgan fingerprint density at radius 3 is 1.63 bits per heavy atom. The Morgan fingerprint density at radius 2 is 1.14 bits per heavy atom. The van der Waals surface area contributed by atoms with Gasteiger partial charge in [-0.3, -0.25) is 4.79 Å². The second-order valence-corrected chi connectivity index (χ2v) is 15.5. The van der Waals surface area contributed by atoms with Gasteiger partial charge in [-0.05, 0) is 69.6 Å². The molecule has 6 nitrogen and oxygen atoms in total. The molecule has 0 saturated carbocycles. The highest BCUT2D eigenvalue weighted by molar-refractivity contribution is 5.69. The molecule has 0 bridgehead atoms. The van der Waals surface area contributed by atoms with E-state index >= 15 is 0 Å². The van der Waals surface area contributed by atoms with Crippen molar-refractivity contribution in [2.24, 2.45) is 5.41 Å². The van der Waals surface area contributed by atoms with Gasteiger partial charge in [-0.1, -0.05) is 166 Å².